The van der Waals surface area contributed by atoms with Crippen LogP contribution in [0, 0.1) is 17.2 Å². The standard InChI is InChI=1S/C15H20FNO2/c1-10(2)9-19-13-5-4-11(8-12(13)16)17-14(18)15(3)6-7-15/h4-5,8,10H,6-7,9H2,1-3H3,(H,17,18). The molecule has 0 radical (unpaired) electrons. The topological polar surface area (TPSA) is 38.3 Å². The van der Waals surface area contributed by atoms with Gasteiger partial charge in [-0.05, 0) is 30.9 Å². The van der Waals surface area contributed by atoms with Crippen LogP contribution in [0.5, 0.6) is 5.75 Å². The Morgan fingerprint density at radius 1 is 1.47 bits per heavy atom. The molecule has 1 saturated carbocycles. The van der Waals surface area contributed by atoms with Gasteiger partial charge in [-0.1, -0.05) is 20.8 Å². The second-order valence-corrected chi connectivity index (χ2v) is 5.86. The van der Waals surface area contributed by atoms with E-state index in [1.54, 1.807) is 12.1 Å². The fourth-order valence-electron chi connectivity index (χ4n) is 1.65. The smallest absolute Gasteiger partial charge is 0.230 e. The van der Waals surface area contributed by atoms with Crippen molar-refractivity contribution in [2.45, 2.75) is 33.6 Å². The Morgan fingerprint density at radius 2 is 2.16 bits per heavy atom. The van der Waals surface area contributed by atoms with Crippen LogP contribution in [0.1, 0.15) is 33.6 Å². The molecule has 0 aliphatic heterocycles. The van der Waals surface area contributed by atoms with Crippen LogP contribution in [0.25, 0.3) is 0 Å². The van der Waals surface area contributed by atoms with Crippen molar-refractivity contribution in [2.24, 2.45) is 11.3 Å². The largest absolute Gasteiger partial charge is 0.490 e. The average Bonchev–Trinajstić information content (AvgIpc) is 3.07. The minimum Gasteiger partial charge on any atom is -0.490 e. The Morgan fingerprint density at radius 3 is 2.68 bits per heavy atom. The van der Waals surface area contributed by atoms with Gasteiger partial charge in [-0.2, -0.15) is 0 Å². The molecule has 1 amide bonds. The van der Waals surface area contributed by atoms with Gasteiger partial charge in [0.2, 0.25) is 5.91 Å². The first-order chi connectivity index (χ1) is 8.90. The first kappa shape index (κ1) is 13.8. The molecule has 1 fully saturated rings. The lowest BCUT2D eigenvalue weighted by Crippen LogP contribution is -2.21. The summed E-state index contributed by atoms with van der Waals surface area (Å²) in [6.45, 7) is 6.39. The number of nitrogens with one attached hydrogen (secondary N) is 1. The SMILES string of the molecule is CC(C)COc1ccc(NC(=O)C2(C)CC2)cc1F. The molecule has 1 aromatic rings. The lowest BCUT2D eigenvalue weighted by molar-refractivity contribution is -0.120. The molecular weight excluding hydrogens is 245 g/mol. The van der Waals surface area contributed by atoms with Gasteiger partial charge >= 0.3 is 0 Å². The lowest BCUT2D eigenvalue weighted by atomic mass is 10.1. The van der Waals surface area contributed by atoms with E-state index >= 15 is 0 Å². The summed E-state index contributed by atoms with van der Waals surface area (Å²) in [5.74, 6) is 0.0834. The fraction of sp³-hybridized carbons (Fsp3) is 0.533. The van der Waals surface area contributed by atoms with Gasteiger partial charge in [0.15, 0.2) is 11.6 Å². The molecule has 1 aliphatic rings. The fourth-order valence-corrected chi connectivity index (χ4v) is 1.65. The van der Waals surface area contributed by atoms with Crippen LogP contribution in [0.3, 0.4) is 0 Å². The van der Waals surface area contributed by atoms with E-state index in [-0.39, 0.29) is 17.1 Å². The van der Waals surface area contributed by atoms with Gasteiger partial charge in [0.1, 0.15) is 0 Å². The van der Waals surface area contributed by atoms with Crippen LogP contribution in [0.15, 0.2) is 18.2 Å². The van der Waals surface area contributed by atoms with E-state index in [0.29, 0.717) is 18.2 Å². The summed E-state index contributed by atoms with van der Waals surface area (Å²) in [5.41, 5.74) is 0.219. The van der Waals surface area contributed by atoms with Crippen LogP contribution in [-0.4, -0.2) is 12.5 Å². The van der Waals surface area contributed by atoms with E-state index in [4.69, 9.17) is 4.74 Å². The highest BCUT2D eigenvalue weighted by Crippen LogP contribution is 2.45. The Labute approximate surface area is 113 Å². The number of amides is 1. The normalized spacial score (nSPS) is 16.3. The molecule has 0 heterocycles. The quantitative estimate of drug-likeness (QED) is 0.883. The number of benzene rings is 1. The van der Waals surface area contributed by atoms with Gasteiger partial charge < -0.3 is 10.1 Å². The summed E-state index contributed by atoms with van der Waals surface area (Å²) in [4.78, 5) is 11.8. The van der Waals surface area contributed by atoms with Crippen molar-refractivity contribution >= 4 is 11.6 Å². The molecule has 3 nitrogen and oxygen atoms in total. The molecule has 1 N–H and O–H groups in total. The van der Waals surface area contributed by atoms with Crippen molar-refractivity contribution < 1.29 is 13.9 Å². The lowest BCUT2D eigenvalue weighted by Gasteiger charge is -2.12. The number of hydrogen-bond acceptors (Lipinski definition) is 2. The van der Waals surface area contributed by atoms with Crippen molar-refractivity contribution in [1.29, 1.82) is 0 Å². The van der Waals surface area contributed by atoms with Crippen LogP contribution in [-0.2, 0) is 4.79 Å². The minimum atomic E-state index is -0.445. The van der Waals surface area contributed by atoms with Crippen molar-refractivity contribution in [2.75, 3.05) is 11.9 Å². The minimum absolute atomic E-state index is 0.0391. The first-order valence-electron chi connectivity index (χ1n) is 6.64. The van der Waals surface area contributed by atoms with Gasteiger partial charge in [0.05, 0.1) is 6.61 Å². The van der Waals surface area contributed by atoms with Crippen LogP contribution in [0.4, 0.5) is 10.1 Å². The van der Waals surface area contributed by atoms with E-state index in [9.17, 15) is 9.18 Å². The van der Waals surface area contributed by atoms with Crippen LogP contribution >= 0.6 is 0 Å². The zero-order chi connectivity index (χ0) is 14.0. The zero-order valence-electron chi connectivity index (χ0n) is 11.6. The molecule has 0 saturated heterocycles. The predicted octanol–water partition coefficient (Wildman–Crippen LogP) is 3.60. The Hall–Kier alpha value is -1.58. The number of anilines is 1. The van der Waals surface area contributed by atoms with E-state index in [0.717, 1.165) is 12.8 Å². The Bertz CT molecular complexity index is 481. The molecular formula is C15H20FNO2. The number of carbonyl (C=O) groups excluding carboxylic acids is 1. The Kier molecular flexibility index (Phi) is 3.78. The highest BCUT2D eigenvalue weighted by molar-refractivity contribution is 5.96. The highest BCUT2D eigenvalue weighted by atomic mass is 19.1. The van der Waals surface area contributed by atoms with E-state index < -0.39 is 5.82 Å². The molecule has 2 rings (SSSR count). The molecule has 0 aromatic heterocycles. The summed E-state index contributed by atoms with van der Waals surface area (Å²) in [6.07, 6.45) is 1.80. The number of rotatable bonds is 5. The summed E-state index contributed by atoms with van der Waals surface area (Å²) >= 11 is 0. The van der Waals surface area contributed by atoms with Gasteiger partial charge in [-0.25, -0.2) is 4.39 Å². The molecule has 0 spiro atoms. The first-order valence-corrected chi connectivity index (χ1v) is 6.64. The molecule has 1 aromatic carbocycles. The monoisotopic (exact) mass is 265 g/mol. The molecule has 0 bridgehead atoms. The van der Waals surface area contributed by atoms with Crippen molar-refractivity contribution in [3.8, 4) is 5.75 Å². The third-order valence-corrected chi connectivity index (χ3v) is 3.31. The van der Waals surface area contributed by atoms with Crippen LogP contribution in [0.2, 0.25) is 0 Å². The van der Waals surface area contributed by atoms with Gasteiger partial charge in [-0.3, -0.25) is 4.79 Å². The highest BCUT2D eigenvalue weighted by Gasteiger charge is 2.44. The van der Waals surface area contributed by atoms with E-state index in [2.05, 4.69) is 5.32 Å². The van der Waals surface area contributed by atoms with Crippen molar-refractivity contribution in [3.05, 3.63) is 24.0 Å². The molecule has 19 heavy (non-hydrogen) atoms. The number of ether oxygens (including phenoxy) is 1. The van der Waals surface area contributed by atoms with Gasteiger partial charge in [0.25, 0.3) is 0 Å². The molecule has 4 heteroatoms. The summed E-state index contributed by atoms with van der Waals surface area (Å²) < 4.78 is 19.1. The van der Waals surface area contributed by atoms with Crippen LogP contribution < -0.4 is 10.1 Å². The van der Waals surface area contributed by atoms with Gasteiger partial charge in [0, 0.05) is 17.2 Å². The predicted molar refractivity (Wildman–Crippen MR) is 72.7 cm³/mol. The second-order valence-electron chi connectivity index (χ2n) is 5.86. The maximum Gasteiger partial charge on any atom is 0.230 e. The van der Waals surface area contributed by atoms with Crippen molar-refractivity contribution in [1.82, 2.24) is 0 Å². The summed E-state index contributed by atoms with van der Waals surface area (Å²) in [6, 6.07) is 4.53. The number of carbonyl (C=O) groups is 1. The number of hydrogen-bond donors (Lipinski definition) is 1. The second kappa shape index (κ2) is 5.19. The summed E-state index contributed by atoms with van der Waals surface area (Å²) in [7, 11) is 0. The van der Waals surface area contributed by atoms with E-state index in [1.807, 2.05) is 20.8 Å². The molecule has 0 unspecified atom stereocenters. The van der Waals surface area contributed by atoms with Crippen molar-refractivity contribution in [3.63, 3.8) is 0 Å². The Balaban J connectivity index is 2.00. The number of halogens is 1. The maximum atomic E-state index is 13.8. The third-order valence-electron chi connectivity index (χ3n) is 3.31. The summed E-state index contributed by atoms with van der Waals surface area (Å²) in [5, 5.41) is 2.74. The van der Waals surface area contributed by atoms with E-state index in [1.165, 1.54) is 6.07 Å². The molecule has 0 atom stereocenters. The maximum absolute atomic E-state index is 13.8. The molecule has 1 aliphatic carbocycles. The zero-order valence-corrected chi connectivity index (χ0v) is 11.6. The van der Waals surface area contributed by atoms with Gasteiger partial charge in [-0.15, -0.1) is 0 Å². The molecule has 104 valence electrons. The average molecular weight is 265 g/mol. The third kappa shape index (κ3) is 3.46.